The Bertz CT molecular complexity index is 585. The van der Waals surface area contributed by atoms with E-state index >= 15 is 0 Å². The van der Waals surface area contributed by atoms with E-state index in [9.17, 15) is 9.59 Å². The van der Waals surface area contributed by atoms with Gasteiger partial charge in [-0.25, -0.2) is 9.59 Å². The van der Waals surface area contributed by atoms with Crippen LogP contribution in [0.1, 0.15) is 41.5 Å². The van der Waals surface area contributed by atoms with E-state index < -0.39 is 11.1 Å². The number of hydrogen-bond donors (Lipinski definition) is 0. The van der Waals surface area contributed by atoms with Crippen LogP contribution in [0.15, 0.2) is 24.3 Å². The third-order valence-corrected chi connectivity index (χ3v) is 4.83. The Hall–Kier alpha value is -2.24. The Labute approximate surface area is 157 Å². The third kappa shape index (κ3) is 4.29. The summed E-state index contributed by atoms with van der Waals surface area (Å²) in [6.07, 6.45) is 0. The largest absolute Gasteiger partial charge is 0.464 e. The lowest BCUT2D eigenvalue weighted by atomic mass is 9.99. The fourth-order valence-corrected chi connectivity index (χ4v) is 2.52. The van der Waals surface area contributed by atoms with Crippen molar-refractivity contribution in [2.75, 3.05) is 37.1 Å². The first-order valence-electron chi connectivity index (χ1n) is 8.92. The van der Waals surface area contributed by atoms with Gasteiger partial charge in [0.05, 0.1) is 24.6 Å². The lowest BCUT2D eigenvalue weighted by molar-refractivity contribution is -0.149. The molecule has 0 atom stereocenters. The smallest absolute Gasteiger partial charge is 0.331 e. The van der Waals surface area contributed by atoms with Crippen LogP contribution in [0, 0.1) is 0 Å². The second-order valence-electron chi connectivity index (χ2n) is 7.17. The molecule has 0 aliphatic heterocycles. The van der Waals surface area contributed by atoms with Gasteiger partial charge in [0.25, 0.3) is 0 Å². The fraction of sp³-hybridized carbons (Fsp3) is 0.600. The summed E-state index contributed by atoms with van der Waals surface area (Å²) >= 11 is 0. The molecular weight excluding hydrogens is 332 g/mol. The van der Waals surface area contributed by atoms with Gasteiger partial charge in [0.15, 0.2) is 0 Å². The molecule has 0 bridgehead atoms. The van der Waals surface area contributed by atoms with Crippen molar-refractivity contribution < 1.29 is 19.1 Å². The molecule has 0 aromatic heterocycles. The highest BCUT2D eigenvalue weighted by Gasteiger charge is 2.38. The molecule has 0 aliphatic carbocycles. The van der Waals surface area contributed by atoms with Gasteiger partial charge in [-0.3, -0.25) is 0 Å². The fourth-order valence-electron chi connectivity index (χ4n) is 2.52. The maximum atomic E-state index is 12.4. The summed E-state index contributed by atoms with van der Waals surface area (Å²) in [6.45, 7) is 11.5. The number of anilines is 2. The average Bonchev–Trinajstić information content (AvgIpc) is 2.60. The summed E-state index contributed by atoms with van der Waals surface area (Å²) in [4.78, 5) is 28.5. The van der Waals surface area contributed by atoms with E-state index in [2.05, 4.69) is 0 Å². The van der Waals surface area contributed by atoms with Crippen LogP contribution in [0.5, 0.6) is 0 Å². The van der Waals surface area contributed by atoms with Crippen LogP contribution in [0.4, 0.5) is 11.4 Å². The van der Waals surface area contributed by atoms with Gasteiger partial charge in [0.1, 0.15) is 11.1 Å². The zero-order valence-corrected chi connectivity index (χ0v) is 17.3. The van der Waals surface area contributed by atoms with E-state index in [1.165, 1.54) is 0 Å². The van der Waals surface area contributed by atoms with E-state index in [1.807, 2.05) is 75.9 Å². The first kappa shape index (κ1) is 21.8. The minimum atomic E-state index is -0.860. The van der Waals surface area contributed by atoms with Crippen LogP contribution >= 0.6 is 0 Å². The van der Waals surface area contributed by atoms with Gasteiger partial charge in [0, 0.05) is 14.1 Å². The number of carbonyl (C=O) groups excluding carboxylic acids is 2. The van der Waals surface area contributed by atoms with Crippen molar-refractivity contribution in [2.45, 2.75) is 52.6 Å². The van der Waals surface area contributed by atoms with Crippen molar-refractivity contribution in [1.29, 1.82) is 0 Å². The van der Waals surface area contributed by atoms with Crippen LogP contribution < -0.4 is 9.80 Å². The summed E-state index contributed by atoms with van der Waals surface area (Å²) in [5.74, 6) is -0.603. The maximum Gasteiger partial charge on any atom is 0.331 e. The minimum Gasteiger partial charge on any atom is -0.464 e. The summed E-state index contributed by atoms with van der Waals surface area (Å²) in [5, 5.41) is 0. The molecule has 6 nitrogen and oxygen atoms in total. The molecule has 1 rings (SSSR count). The SMILES string of the molecule is CCOC(=O)C(C)(C)N(C)c1ccccc1N(C)C(C)(C)C(=O)OCC. The first-order valence-corrected chi connectivity index (χ1v) is 8.92. The average molecular weight is 364 g/mol. The Morgan fingerprint density at radius 1 is 0.808 bits per heavy atom. The molecule has 0 radical (unpaired) electrons. The van der Waals surface area contributed by atoms with Gasteiger partial charge in [0.2, 0.25) is 0 Å². The molecule has 0 unspecified atom stereocenters. The quantitative estimate of drug-likeness (QED) is 0.660. The van der Waals surface area contributed by atoms with Gasteiger partial charge in [-0.2, -0.15) is 0 Å². The zero-order chi connectivity index (χ0) is 20.1. The van der Waals surface area contributed by atoms with Crippen molar-refractivity contribution in [3.8, 4) is 0 Å². The number of rotatable bonds is 8. The molecule has 0 N–H and O–H groups in total. The number of benzene rings is 1. The highest BCUT2D eigenvalue weighted by molar-refractivity contribution is 5.89. The third-order valence-electron chi connectivity index (χ3n) is 4.83. The van der Waals surface area contributed by atoms with Crippen LogP contribution in [0.3, 0.4) is 0 Å². The van der Waals surface area contributed by atoms with Gasteiger partial charge in [-0.05, 0) is 53.7 Å². The second kappa shape index (κ2) is 8.43. The second-order valence-corrected chi connectivity index (χ2v) is 7.17. The van der Waals surface area contributed by atoms with Crippen molar-refractivity contribution >= 4 is 23.3 Å². The summed E-state index contributed by atoms with van der Waals surface area (Å²) in [6, 6.07) is 7.66. The maximum absolute atomic E-state index is 12.4. The molecule has 0 saturated heterocycles. The molecule has 0 spiro atoms. The van der Waals surface area contributed by atoms with E-state index in [0.717, 1.165) is 11.4 Å². The molecule has 0 aliphatic rings. The Morgan fingerprint density at radius 2 is 1.12 bits per heavy atom. The molecule has 1 aromatic rings. The Morgan fingerprint density at radius 3 is 1.38 bits per heavy atom. The predicted molar refractivity (Wildman–Crippen MR) is 105 cm³/mol. The number of ether oxygens (including phenoxy) is 2. The van der Waals surface area contributed by atoms with Crippen molar-refractivity contribution in [1.82, 2.24) is 0 Å². The molecule has 26 heavy (non-hydrogen) atoms. The van der Waals surface area contributed by atoms with E-state index in [0.29, 0.717) is 13.2 Å². The van der Waals surface area contributed by atoms with Gasteiger partial charge < -0.3 is 19.3 Å². The summed E-state index contributed by atoms with van der Waals surface area (Å²) in [7, 11) is 3.70. The Balaban J connectivity index is 3.30. The molecule has 1 aromatic carbocycles. The predicted octanol–water partition coefficient (Wildman–Crippen LogP) is 3.24. The number of nitrogens with zero attached hydrogens (tertiary/aromatic N) is 2. The molecule has 0 saturated carbocycles. The highest BCUT2D eigenvalue weighted by Crippen LogP contribution is 2.35. The van der Waals surface area contributed by atoms with Crippen molar-refractivity contribution in [3.63, 3.8) is 0 Å². The van der Waals surface area contributed by atoms with Gasteiger partial charge >= 0.3 is 11.9 Å². The highest BCUT2D eigenvalue weighted by atomic mass is 16.5. The number of likely N-dealkylation sites (N-methyl/N-ethyl adjacent to an activating group) is 2. The monoisotopic (exact) mass is 364 g/mol. The van der Waals surface area contributed by atoms with E-state index in [1.54, 1.807) is 13.8 Å². The van der Waals surface area contributed by atoms with E-state index in [-0.39, 0.29) is 11.9 Å². The van der Waals surface area contributed by atoms with Crippen LogP contribution in [0.25, 0.3) is 0 Å². The van der Waals surface area contributed by atoms with Gasteiger partial charge in [-0.1, -0.05) is 12.1 Å². The van der Waals surface area contributed by atoms with Crippen LogP contribution in [-0.2, 0) is 19.1 Å². The first-order chi connectivity index (χ1) is 12.0. The van der Waals surface area contributed by atoms with E-state index in [4.69, 9.17) is 9.47 Å². The number of para-hydroxylation sites is 2. The minimum absolute atomic E-state index is 0.301. The summed E-state index contributed by atoms with van der Waals surface area (Å²) in [5.41, 5.74) is -0.0713. The summed E-state index contributed by atoms with van der Waals surface area (Å²) < 4.78 is 10.4. The number of hydrogen-bond acceptors (Lipinski definition) is 6. The lowest BCUT2D eigenvalue weighted by Gasteiger charge is -2.41. The van der Waals surface area contributed by atoms with Crippen LogP contribution in [0.2, 0.25) is 0 Å². The lowest BCUT2D eigenvalue weighted by Crippen LogP contribution is -2.52. The molecule has 6 heteroatoms. The molecular formula is C20H32N2O4. The van der Waals surface area contributed by atoms with Crippen LogP contribution in [-0.4, -0.2) is 50.3 Å². The molecule has 0 fully saturated rings. The topological polar surface area (TPSA) is 59.1 Å². The number of esters is 2. The molecule has 146 valence electrons. The standard InChI is InChI=1S/C20H32N2O4/c1-9-25-17(23)19(3,4)21(7)15-13-11-12-14-16(15)22(8)20(5,6)18(24)26-10-2/h11-14H,9-10H2,1-8H3. The van der Waals surface area contributed by atoms with Crippen molar-refractivity contribution in [3.05, 3.63) is 24.3 Å². The van der Waals surface area contributed by atoms with Crippen molar-refractivity contribution in [2.24, 2.45) is 0 Å². The molecule has 0 heterocycles. The normalized spacial score (nSPS) is 11.7. The zero-order valence-electron chi connectivity index (χ0n) is 17.3. The number of carbonyl (C=O) groups is 2. The van der Waals surface area contributed by atoms with Gasteiger partial charge in [-0.15, -0.1) is 0 Å². The Kier molecular flexibility index (Phi) is 7.07. The molecule has 0 amide bonds.